The van der Waals surface area contributed by atoms with Crippen molar-refractivity contribution in [3.8, 4) is 17.2 Å². The molecule has 4 amide bonds. The Balaban J connectivity index is 0.00000316. The minimum atomic E-state index is -1.39. The standard InChI is InChI=1S/C29H32N4O8.C2H6/c1-18-15-21(41-14-13-30-2)11-12-23(18)32(3)29(40)33(17-34)20-9-7-19(8-10-20)16-22(28(38)39)31-27(37)26-24(35)5-4-6-25(26)36;1-2/h4-12,15,17,22,30,35-36H,13-14,16H2,1-3H3,(H,31,37)(H,38,39);1-2H3. The van der Waals surface area contributed by atoms with Gasteiger partial charge in [-0.3, -0.25) is 14.5 Å². The Bertz CT molecular complexity index is 1390. The molecule has 3 aromatic carbocycles. The van der Waals surface area contributed by atoms with E-state index >= 15 is 0 Å². The van der Waals surface area contributed by atoms with Crippen LogP contribution in [0.3, 0.4) is 0 Å². The van der Waals surface area contributed by atoms with Gasteiger partial charge in [0.2, 0.25) is 6.41 Å². The lowest BCUT2D eigenvalue weighted by atomic mass is 10.0. The van der Waals surface area contributed by atoms with Crippen LogP contribution in [-0.4, -0.2) is 72.9 Å². The van der Waals surface area contributed by atoms with Crippen LogP contribution in [0, 0.1) is 6.92 Å². The normalized spacial score (nSPS) is 10.9. The SMILES string of the molecule is CC.CNCCOc1ccc(N(C)C(=O)N(C=O)c2ccc(CC(NC(=O)c3c(O)cccc3O)C(=O)O)cc2)c(C)c1. The van der Waals surface area contributed by atoms with Crippen molar-refractivity contribution in [2.45, 2.75) is 33.2 Å². The second-order valence-electron chi connectivity index (χ2n) is 9.12. The quantitative estimate of drug-likeness (QED) is 0.155. The maximum atomic E-state index is 13.2. The number of ether oxygens (including phenoxy) is 1. The molecule has 5 N–H and O–H groups in total. The number of carbonyl (C=O) groups is 4. The van der Waals surface area contributed by atoms with Crippen LogP contribution >= 0.6 is 0 Å². The second kappa shape index (κ2) is 16.4. The predicted molar refractivity (Wildman–Crippen MR) is 163 cm³/mol. The van der Waals surface area contributed by atoms with Crippen LogP contribution in [0.1, 0.15) is 35.3 Å². The Morgan fingerprint density at radius 1 is 1.00 bits per heavy atom. The number of amides is 4. The van der Waals surface area contributed by atoms with Gasteiger partial charge in [0.1, 0.15) is 35.5 Å². The number of carbonyl (C=O) groups excluding carboxylic acids is 3. The van der Waals surface area contributed by atoms with Gasteiger partial charge in [-0.05, 0) is 67.6 Å². The van der Waals surface area contributed by atoms with Crippen molar-refractivity contribution in [1.29, 1.82) is 0 Å². The lowest BCUT2D eigenvalue weighted by Crippen LogP contribution is -2.42. The van der Waals surface area contributed by atoms with E-state index in [2.05, 4.69) is 10.6 Å². The monoisotopic (exact) mass is 594 g/mol. The molecule has 12 heteroatoms. The van der Waals surface area contributed by atoms with Gasteiger partial charge in [0.25, 0.3) is 5.91 Å². The van der Waals surface area contributed by atoms with Crippen LogP contribution < -0.4 is 25.2 Å². The summed E-state index contributed by atoms with van der Waals surface area (Å²) in [6.07, 6.45) is 0.240. The van der Waals surface area contributed by atoms with E-state index in [1.54, 1.807) is 25.2 Å². The van der Waals surface area contributed by atoms with Crippen LogP contribution in [0.5, 0.6) is 17.2 Å². The molecule has 1 unspecified atom stereocenters. The molecule has 0 aliphatic rings. The number of hydrogen-bond acceptors (Lipinski definition) is 8. The predicted octanol–water partition coefficient (Wildman–Crippen LogP) is 3.68. The average Bonchev–Trinajstić information content (AvgIpc) is 2.98. The van der Waals surface area contributed by atoms with Crippen LogP contribution in [-0.2, 0) is 16.0 Å². The van der Waals surface area contributed by atoms with Crippen molar-refractivity contribution in [3.05, 3.63) is 77.4 Å². The first-order chi connectivity index (χ1) is 20.6. The fraction of sp³-hybridized carbons (Fsp3) is 0.290. The summed E-state index contributed by atoms with van der Waals surface area (Å²) in [6.45, 7) is 6.99. The molecule has 3 rings (SSSR count). The average molecular weight is 595 g/mol. The number of phenols is 2. The number of rotatable bonds is 12. The lowest BCUT2D eigenvalue weighted by molar-refractivity contribution is -0.139. The first-order valence-corrected chi connectivity index (χ1v) is 13.6. The number of anilines is 2. The van der Waals surface area contributed by atoms with Crippen LogP contribution in [0.4, 0.5) is 16.2 Å². The molecule has 0 heterocycles. The number of urea groups is 1. The van der Waals surface area contributed by atoms with Gasteiger partial charge in [0.05, 0.1) is 5.69 Å². The van der Waals surface area contributed by atoms with Crippen LogP contribution in [0.2, 0.25) is 0 Å². The smallest absolute Gasteiger partial charge is 0.335 e. The minimum Gasteiger partial charge on any atom is -0.507 e. The van der Waals surface area contributed by atoms with Crippen LogP contribution in [0.15, 0.2) is 60.7 Å². The zero-order valence-corrected chi connectivity index (χ0v) is 24.8. The van der Waals surface area contributed by atoms with E-state index in [0.717, 1.165) is 10.5 Å². The number of nitrogens with zero attached hydrogens (tertiary/aromatic N) is 2. The molecule has 0 spiro atoms. The third-order valence-corrected chi connectivity index (χ3v) is 6.25. The van der Waals surface area contributed by atoms with Crippen molar-refractivity contribution in [3.63, 3.8) is 0 Å². The van der Waals surface area contributed by atoms with Crippen molar-refractivity contribution in [1.82, 2.24) is 10.6 Å². The summed E-state index contributed by atoms with van der Waals surface area (Å²) in [6, 6.07) is 13.0. The highest BCUT2D eigenvalue weighted by atomic mass is 16.5. The largest absolute Gasteiger partial charge is 0.507 e. The summed E-state index contributed by atoms with van der Waals surface area (Å²) in [5.74, 6) is -2.64. The Morgan fingerprint density at radius 3 is 2.16 bits per heavy atom. The molecule has 0 bridgehead atoms. The molecule has 230 valence electrons. The van der Waals surface area contributed by atoms with Gasteiger partial charge < -0.3 is 30.7 Å². The second-order valence-corrected chi connectivity index (χ2v) is 9.12. The van der Waals surface area contributed by atoms with E-state index in [1.165, 1.54) is 47.4 Å². The topological polar surface area (TPSA) is 169 Å². The molecule has 0 saturated carbocycles. The summed E-state index contributed by atoms with van der Waals surface area (Å²) >= 11 is 0. The molecule has 0 aromatic heterocycles. The molecule has 1 atom stereocenters. The Labute approximate surface area is 250 Å². The van der Waals surface area contributed by atoms with Gasteiger partial charge in [0.15, 0.2) is 0 Å². The third kappa shape index (κ3) is 8.94. The molecular weight excluding hydrogens is 556 g/mol. The molecule has 0 aliphatic carbocycles. The van der Waals surface area contributed by atoms with Gasteiger partial charge in [-0.25, -0.2) is 14.5 Å². The molecule has 43 heavy (non-hydrogen) atoms. The fourth-order valence-corrected chi connectivity index (χ4v) is 4.07. The van der Waals surface area contributed by atoms with E-state index in [9.17, 15) is 34.5 Å². The van der Waals surface area contributed by atoms with Gasteiger partial charge in [0, 0.05) is 25.7 Å². The van der Waals surface area contributed by atoms with Gasteiger partial charge in [-0.2, -0.15) is 0 Å². The minimum absolute atomic E-state index is 0.146. The first kappa shape index (κ1) is 34.1. The number of carboxylic acid groups (broad SMARTS) is 1. The molecule has 0 radical (unpaired) electrons. The number of benzene rings is 3. The van der Waals surface area contributed by atoms with Crippen molar-refractivity contribution in [2.75, 3.05) is 37.0 Å². The maximum absolute atomic E-state index is 13.2. The molecule has 0 saturated heterocycles. The van der Waals surface area contributed by atoms with Gasteiger partial charge >= 0.3 is 12.0 Å². The van der Waals surface area contributed by atoms with Crippen molar-refractivity contribution >= 4 is 35.7 Å². The first-order valence-electron chi connectivity index (χ1n) is 13.6. The number of nitrogens with one attached hydrogen (secondary N) is 2. The number of aromatic hydroxyl groups is 2. The van der Waals surface area contributed by atoms with Crippen LogP contribution in [0.25, 0.3) is 0 Å². The number of likely N-dealkylation sites (N-methyl/N-ethyl adjacent to an activating group) is 1. The molecular formula is C31H38N4O8. The number of carboxylic acids is 1. The van der Waals surface area contributed by atoms with Crippen molar-refractivity contribution < 1.29 is 39.2 Å². The third-order valence-electron chi connectivity index (χ3n) is 6.25. The number of aliphatic carboxylic acids is 1. The van der Waals surface area contributed by atoms with E-state index in [1.807, 2.05) is 27.8 Å². The Morgan fingerprint density at radius 2 is 1.63 bits per heavy atom. The molecule has 0 aliphatic heterocycles. The number of aryl methyl sites for hydroxylation is 1. The van der Waals surface area contributed by atoms with Crippen molar-refractivity contribution in [2.24, 2.45) is 0 Å². The van der Waals surface area contributed by atoms with E-state index in [4.69, 9.17) is 4.74 Å². The van der Waals surface area contributed by atoms with E-state index in [0.29, 0.717) is 36.6 Å². The summed E-state index contributed by atoms with van der Waals surface area (Å²) in [7, 11) is 3.36. The highest BCUT2D eigenvalue weighted by molar-refractivity contribution is 6.13. The maximum Gasteiger partial charge on any atom is 0.335 e. The highest BCUT2D eigenvalue weighted by Gasteiger charge is 2.25. The highest BCUT2D eigenvalue weighted by Crippen LogP contribution is 2.27. The number of phenolic OH excluding ortho intramolecular Hbond substituents is 2. The lowest BCUT2D eigenvalue weighted by Gasteiger charge is -2.25. The van der Waals surface area contributed by atoms with Gasteiger partial charge in [-0.1, -0.05) is 32.0 Å². The molecule has 0 fully saturated rings. The Hall–Kier alpha value is -5.10. The summed E-state index contributed by atoms with van der Waals surface area (Å²) in [5, 5.41) is 34.7. The number of hydrogen-bond donors (Lipinski definition) is 5. The summed E-state index contributed by atoms with van der Waals surface area (Å²) < 4.78 is 5.65. The van der Waals surface area contributed by atoms with E-state index < -0.39 is 41.0 Å². The Kier molecular flexibility index (Phi) is 13.0. The molecule has 3 aromatic rings. The summed E-state index contributed by atoms with van der Waals surface area (Å²) in [4.78, 5) is 51.7. The summed E-state index contributed by atoms with van der Waals surface area (Å²) in [5.41, 5.74) is 1.64. The number of imide groups is 1. The van der Waals surface area contributed by atoms with E-state index in [-0.39, 0.29) is 12.1 Å². The fourth-order valence-electron chi connectivity index (χ4n) is 4.07. The van der Waals surface area contributed by atoms with Gasteiger partial charge in [-0.15, -0.1) is 0 Å². The zero-order valence-electron chi connectivity index (χ0n) is 24.8. The molecule has 12 nitrogen and oxygen atoms in total. The zero-order chi connectivity index (χ0) is 32.1.